The predicted octanol–water partition coefficient (Wildman–Crippen LogP) is 2.47. The van der Waals surface area contributed by atoms with Crippen LogP contribution in [0, 0.1) is 0 Å². The smallest absolute Gasteiger partial charge is 0.317 e. The number of likely N-dealkylation sites (tertiary alicyclic amines) is 2. The van der Waals surface area contributed by atoms with E-state index < -0.39 is 0 Å². The average molecular weight is 426 g/mol. The normalized spacial score (nSPS) is 17.0. The molecule has 1 aromatic heterocycles. The second-order valence-electron chi connectivity index (χ2n) is 8.19. The number of hydrogen-bond donors (Lipinski definition) is 1. The van der Waals surface area contributed by atoms with E-state index in [-0.39, 0.29) is 18.5 Å². The van der Waals surface area contributed by atoms with Crippen LogP contribution in [0.5, 0.6) is 5.75 Å². The van der Waals surface area contributed by atoms with Gasteiger partial charge in [-0.05, 0) is 43.2 Å². The number of hydrogen-bond acceptors (Lipinski definition) is 4. The molecule has 0 atom stereocenters. The van der Waals surface area contributed by atoms with Crippen LogP contribution in [0.4, 0.5) is 4.79 Å². The van der Waals surface area contributed by atoms with Crippen LogP contribution >= 0.6 is 0 Å². The number of piperidine rings is 1. The number of nitrogens with zero attached hydrogens (tertiary/aromatic N) is 4. The number of benzene rings is 1. The Morgan fingerprint density at radius 2 is 1.84 bits per heavy atom. The molecular weight excluding hydrogens is 394 g/mol. The van der Waals surface area contributed by atoms with E-state index in [1.165, 1.54) is 5.56 Å². The lowest BCUT2D eigenvalue weighted by molar-refractivity contribution is -0.131. The number of urea groups is 1. The third kappa shape index (κ3) is 5.57. The first-order valence-corrected chi connectivity index (χ1v) is 11.2. The van der Waals surface area contributed by atoms with Crippen molar-refractivity contribution in [3.8, 4) is 5.75 Å². The molecular formula is C23H31N5O3. The van der Waals surface area contributed by atoms with Crippen LogP contribution in [0.2, 0.25) is 0 Å². The standard InChI is InChI=1S/C23H31N5O3/c29-22(17-25-23(30)28-10-3-4-11-28)27-12-7-19(8-13-27)20-5-1-2-6-21(20)31-16-15-26-14-9-24-18-26/h1-2,5-6,9,14,18-19H,3-4,7-8,10-13,15-17H2,(H,25,30). The topological polar surface area (TPSA) is 79.7 Å². The van der Waals surface area contributed by atoms with Crippen LogP contribution in [-0.2, 0) is 11.3 Å². The van der Waals surface area contributed by atoms with Gasteiger partial charge in [-0.25, -0.2) is 9.78 Å². The molecule has 0 saturated carbocycles. The number of imidazole rings is 1. The summed E-state index contributed by atoms with van der Waals surface area (Å²) in [7, 11) is 0. The summed E-state index contributed by atoms with van der Waals surface area (Å²) < 4.78 is 8.07. The monoisotopic (exact) mass is 425 g/mol. The highest BCUT2D eigenvalue weighted by Gasteiger charge is 2.26. The SMILES string of the molecule is O=C(CNC(=O)N1CCCC1)N1CCC(c2ccccc2OCCn2ccnc2)CC1. The minimum Gasteiger partial charge on any atom is -0.491 e. The largest absolute Gasteiger partial charge is 0.491 e. The fourth-order valence-corrected chi connectivity index (χ4v) is 4.36. The van der Waals surface area contributed by atoms with Gasteiger partial charge < -0.3 is 24.4 Å². The van der Waals surface area contributed by atoms with Gasteiger partial charge in [-0.2, -0.15) is 0 Å². The lowest BCUT2D eigenvalue weighted by Crippen LogP contribution is -2.46. The third-order valence-electron chi connectivity index (χ3n) is 6.16. The van der Waals surface area contributed by atoms with E-state index in [2.05, 4.69) is 16.4 Å². The molecule has 0 bridgehead atoms. The van der Waals surface area contributed by atoms with Gasteiger partial charge >= 0.3 is 6.03 Å². The summed E-state index contributed by atoms with van der Waals surface area (Å²) >= 11 is 0. The van der Waals surface area contributed by atoms with Crippen molar-refractivity contribution < 1.29 is 14.3 Å². The number of para-hydroxylation sites is 1. The zero-order chi connectivity index (χ0) is 21.5. The lowest BCUT2D eigenvalue weighted by atomic mass is 9.89. The second-order valence-corrected chi connectivity index (χ2v) is 8.19. The first-order valence-electron chi connectivity index (χ1n) is 11.2. The molecule has 2 saturated heterocycles. The zero-order valence-electron chi connectivity index (χ0n) is 17.9. The molecule has 0 spiro atoms. The van der Waals surface area contributed by atoms with Crippen LogP contribution in [0.3, 0.4) is 0 Å². The summed E-state index contributed by atoms with van der Waals surface area (Å²) in [6.07, 6.45) is 9.36. The minimum atomic E-state index is -0.123. The summed E-state index contributed by atoms with van der Waals surface area (Å²) in [5.74, 6) is 1.29. The molecule has 2 aromatic rings. The molecule has 1 aromatic carbocycles. The van der Waals surface area contributed by atoms with Crippen molar-refractivity contribution >= 4 is 11.9 Å². The van der Waals surface area contributed by atoms with Gasteiger partial charge in [0.1, 0.15) is 12.4 Å². The molecule has 3 amide bonds. The molecule has 3 heterocycles. The first kappa shape index (κ1) is 21.2. The predicted molar refractivity (Wildman–Crippen MR) is 117 cm³/mol. The fourth-order valence-electron chi connectivity index (χ4n) is 4.36. The molecule has 0 radical (unpaired) electrons. The highest BCUT2D eigenvalue weighted by molar-refractivity contribution is 5.84. The van der Waals surface area contributed by atoms with Crippen molar-refractivity contribution in [2.24, 2.45) is 0 Å². The van der Waals surface area contributed by atoms with E-state index in [1.54, 1.807) is 17.4 Å². The summed E-state index contributed by atoms with van der Waals surface area (Å²) in [5, 5.41) is 2.78. The minimum absolute atomic E-state index is 0.00383. The molecule has 2 aliphatic rings. The summed E-state index contributed by atoms with van der Waals surface area (Å²) in [4.78, 5) is 32.3. The molecule has 8 heteroatoms. The van der Waals surface area contributed by atoms with Gasteiger partial charge in [-0.1, -0.05) is 18.2 Å². The Morgan fingerprint density at radius 1 is 1.06 bits per heavy atom. The Morgan fingerprint density at radius 3 is 2.58 bits per heavy atom. The van der Waals surface area contributed by atoms with Crippen molar-refractivity contribution in [2.75, 3.05) is 39.3 Å². The van der Waals surface area contributed by atoms with Gasteiger partial charge in [0.2, 0.25) is 5.91 Å². The summed E-state index contributed by atoms with van der Waals surface area (Å²) in [6, 6.07) is 8.07. The average Bonchev–Trinajstić information content (AvgIpc) is 3.52. The van der Waals surface area contributed by atoms with Crippen molar-refractivity contribution in [1.29, 1.82) is 0 Å². The molecule has 1 N–H and O–H groups in total. The summed E-state index contributed by atoms with van der Waals surface area (Å²) in [6.45, 7) is 4.39. The van der Waals surface area contributed by atoms with E-state index in [0.29, 0.717) is 25.6 Å². The van der Waals surface area contributed by atoms with E-state index in [1.807, 2.05) is 33.9 Å². The van der Waals surface area contributed by atoms with Crippen molar-refractivity contribution in [1.82, 2.24) is 24.7 Å². The first-order chi connectivity index (χ1) is 15.2. The molecule has 2 fully saturated rings. The Bertz CT molecular complexity index is 856. The van der Waals surface area contributed by atoms with Gasteiger partial charge in [0, 0.05) is 38.6 Å². The Balaban J connectivity index is 1.24. The highest BCUT2D eigenvalue weighted by atomic mass is 16.5. The maximum atomic E-state index is 12.5. The molecule has 4 rings (SSSR count). The molecule has 166 valence electrons. The van der Waals surface area contributed by atoms with Gasteiger partial charge in [0.05, 0.1) is 19.4 Å². The van der Waals surface area contributed by atoms with Gasteiger partial charge in [-0.3, -0.25) is 4.79 Å². The van der Waals surface area contributed by atoms with E-state index in [4.69, 9.17) is 4.74 Å². The number of carbonyl (C=O) groups excluding carboxylic acids is 2. The number of carbonyl (C=O) groups is 2. The lowest BCUT2D eigenvalue weighted by Gasteiger charge is -2.33. The Hall–Kier alpha value is -3.03. The van der Waals surface area contributed by atoms with Crippen LogP contribution < -0.4 is 10.1 Å². The fraction of sp³-hybridized carbons (Fsp3) is 0.522. The van der Waals surface area contributed by atoms with E-state index in [9.17, 15) is 9.59 Å². The van der Waals surface area contributed by atoms with Crippen LogP contribution in [0.25, 0.3) is 0 Å². The Labute approximate surface area is 183 Å². The number of amides is 3. The highest BCUT2D eigenvalue weighted by Crippen LogP contribution is 2.34. The second kappa shape index (κ2) is 10.3. The van der Waals surface area contributed by atoms with Gasteiger partial charge in [-0.15, -0.1) is 0 Å². The Kier molecular flexibility index (Phi) is 7.07. The maximum absolute atomic E-state index is 12.5. The zero-order valence-corrected chi connectivity index (χ0v) is 17.9. The van der Waals surface area contributed by atoms with Gasteiger partial charge in [0.25, 0.3) is 0 Å². The quantitative estimate of drug-likeness (QED) is 0.739. The molecule has 0 aliphatic carbocycles. The summed E-state index contributed by atoms with van der Waals surface area (Å²) in [5.41, 5.74) is 1.21. The molecule has 2 aliphatic heterocycles. The molecule has 0 unspecified atom stereocenters. The number of nitrogens with one attached hydrogen (secondary N) is 1. The third-order valence-corrected chi connectivity index (χ3v) is 6.16. The van der Waals surface area contributed by atoms with Crippen molar-refractivity contribution in [3.63, 3.8) is 0 Å². The number of aromatic nitrogens is 2. The van der Waals surface area contributed by atoms with Crippen molar-refractivity contribution in [2.45, 2.75) is 38.1 Å². The number of rotatable bonds is 7. The van der Waals surface area contributed by atoms with Crippen LogP contribution in [0.15, 0.2) is 43.0 Å². The van der Waals surface area contributed by atoms with Crippen LogP contribution in [-0.4, -0.2) is 70.6 Å². The van der Waals surface area contributed by atoms with E-state index in [0.717, 1.165) is 51.1 Å². The van der Waals surface area contributed by atoms with Gasteiger partial charge in [0.15, 0.2) is 0 Å². The maximum Gasteiger partial charge on any atom is 0.317 e. The number of ether oxygens (including phenoxy) is 1. The van der Waals surface area contributed by atoms with Crippen LogP contribution in [0.1, 0.15) is 37.2 Å². The van der Waals surface area contributed by atoms with E-state index >= 15 is 0 Å². The van der Waals surface area contributed by atoms with Crippen molar-refractivity contribution in [3.05, 3.63) is 48.5 Å². The molecule has 8 nitrogen and oxygen atoms in total. The molecule has 31 heavy (non-hydrogen) atoms.